The average Bonchev–Trinajstić information content (AvgIpc) is 3.23. The van der Waals surface area contributed by atoms with Gasteiger partial charge in [-0.2, -0.15) is 5.10 Å². The van der Waals surface area contributed by atoms with Gasteiger partial charge in [0.05, 0.1) is 24.9 Å². The Bertz CT molecular complexity index is 747. The summed E-state index contributed by atoms with van der Waals surface area (Å²) < 4.78 is 7.33. The summed E-state index contributed by atoms with van der Waals surface area (Å²) in [6.45, 7) is 4.00. The number of aromatic nitrogens is 2. The molecular formula is C18H22N4O2. The first-order valence-electron chi connectivity index (χ1n) is 8.45. The van der Waals surface area contributed by atoms with Gasteiger partial charge in [-0.1, -0.05) is 12.1 Å². The van der Waals surface area contributed by atoms with Gasteiger partial charge in [0.2, 0.25) is 5.91 Å². The summed E-state index contributed by atoms with van der Waals surface area (Å²) in [6.07, 6.45) is 5.31. The van der Waals surface area contributed by atoms with E-state index in [4.69, 9.17) is 4.74 Å². The van der Waals surface area contributed by atoms with Gasteiger partial charge in [0.25, 0.3) is 0 Å². The Morgan fingerprint density at radius 3 is 2.83 bits per heavy atom. The number of nitrogens with zero attached hydrogens (tertiary/aromatic N) is 4. The summed E-state index contributed by atoms with van der Waals surface area (Å²) >= 11 is 0. The lowest BCUT2D eigenvalue weighted by atomic mass is 10.1. The smallest absolute Gasteiger partial charge is 0.227 e. The van der Waals surface area contributed by atoms with Crippen LogP contribution in [-0.2, 0) is 24.7 Å². The van der Waals surface area contributed by atoms with E-state index in [1.807, 2.05) is 41.2 Å². The number of hydrogen-bond donors (Lipinski definition) is 0. The van der Waals surface area contributed by atoms with Crippen LogP contribution in [0.3, 0.4) is 0 Å². The van der Waals surface area contributed by atoms with Crippen LogP contribution in [-0.4, -0.2) is 53.4 Å². The van der Waals surface area contributed by atoms with Gasteiger partial charge in [-0.05, 0) is 17.2 Å². The number of ether oxygens (including phenoxy) is 1. The predicted octanol–water partition coefficient (Wildman–Crippen LogP) is 1.25. The normalized spacial score (nSPS) is 16.9. The summed E-state index contributed by atoms with van der Waals surface area (Å²) in [7, 11) is 1.92. The Morgan fingerprint density at radius 1 is 1.25 bits per heavy atom. The highest BCUT2D eigenvalue weighted by molar-refractivity contribution is 5.79. The molecule has 1 aromatic carbocycles. The molecule has 1 saturated heterocycles. The summed E-state index contributed by atoms with van der Waals surface area (Å²) in [5.41, 5.74) is 3.43. The lowest BCUT2D eigenvalue weighted by molar-refractivity contribution is -0.130. The topological polar surface area (TPSA) is 50.6 Å². The van der Waals surface area contributed by atoms with Gasteiger partial charge < -0.3 is 14.5 Å². The van der Waals surface area contributed by atoms with Crippen LogP contribution in [0.1, 0.15) is 11.1 Å². The number of rotatable bonds is 3. The quantitative estimate of drug-likeness (QED) is 0.852. The molecule has 0 spiro atoms. The summed E-state index contributed by atoms with van der Waals surface area (Å²) in [6, 6.07) is 6.12. The molecular weight excluding hydrogens is 304 g/mol. The molecule has 0 bridgehead atoms. The zero-order chi connectivity index (χ0) is 16.5. The maximum Gasteiger partial charge on any atom is 0.227 e. The van der Waals surface area contributed by atoms with Crippen LogP contribution in [0.15, 0.2) is 30.6 Å². The summed E-state index contributed by atoms with van der Waals surface area (Å²) in [4.78, 5) is 16.8. The number of aryl methyl sites for hydroxylation is 1. The van der Waals surface area contributed by atoms with Crippen molar-refractivity contribution in [2.75, 3.05) is 37.7 Å². The van der Waals surface area contributed by atoms with E-state index in [0.29, 0.717) is 6.42 Å². The van der Waals surface area contributed by atoms with E-state index in [0.717, 1.165) is 56.2 Å². The van der Waals surface area contributed by atoms with Crippen LogP contribution in [0, 0.1) is 0 Å². The van der Waals surface area contributed by atoms with Crippen molar-refractivity contribution >= 4 is 11.6 Å². The maximum atomic E-state index is 12.6. The van der Waals surface area contributed by atoms with Crippen LogP contribution < -0.4 is 9.64 Å². The van der Waals surface area contributed by atoms with E-state index in [1.54, 1.807) is 0 Å². The molecule has 3 heterocycles. The fraction of sp³-hybridized carbons (Fsp3) is 0.444. The van der Waals surface area contributed by atoms with Gasteiger partial charge >= 0.3 is 0 Å². The molecule has 2 aromatic rings. The Morgan fingerprint density at radius 2 is 2.08 bits per heavy atom. The number of fused-ring (bicyclic) bond motifs is 1. The number of amides is 1. The van der Waals surface area contributed by atoms with Crippen molar-refractivity contribution in [3.63, 3.8) is 0 Å². The zero-order valence-corrected chi connectivity index (χ0v) is 13.9. The summed E-state index contributed by atoms with van der Waals surface area (Å²) in [5, 5.41) is 4.21. The minimum absolute atomic E-state index is 0.208. The highest BCUT2D eigenvalue weighted by atomic mass is 16.5. The van der Waals surface area contributed by atoms with Gasteiger partial charge in [-0.25, -0.2) is 0 Å². The molecule has 2 aliphatic rings. The Balaban J connectivity index is 1.34. The first-order valence-corrected chi connectivity index (χ1v) is 8.45. The summed E-state index contributed by atoms with van der Waals surface area (Å²) in [5.74, 6) is 1.18. The van der Waals surface area contributed by atoms with Crippen molar-refractivity contribution in [2.24, 2.45) is 7.05 Å². The minimum atomic E-state index is 0.208. The molecule has 0 unspecified atom stereocenters. The lowest BCUT2D eigenvalue weighted by Gasteiger charge is -2.35. The van der Waals surface area contributed by atoms with Crippen LogP contribution in [0.4, 0.5) is 5.69 Å². The third-order valence-corrected chi connectivity index (χ3v) is 4.80. The predicted molar refractivity (Wildman–Crippen MR) is 91.3 cm³/mol. The molecule has 2 aliphatic heterocycles. The van der Waals surface area contributed by atoms with Crippen molar-refractivity contribution in [1.29, 1.82) is 0 Å². The molecule has 24 heavy (non-hydrogen) atoms. The molecule has 1 fully saturated rings. The zero-order valence-electron chi connectivity index (χ0n) is 13.9. The molecule has 1 aromatic heterocycles. The molecule has 0 N–H and O–H groups in total. The third-order valence-electron chi connectivity index (χ3n) is 4.80. The SMILES string of the molecule is Cn1cc(N2CCN(C(=O)Cc3ccc4c(c3)CCO4)CC2)cn1. The Labute approximate surface area is 141 Å². The number of piperazine rings is 1. The van der Waals surface area contributed by atoms with Crippen molar-refractivity contribution in [1.82, 2.24) is 14.7 Å². The second kappa shape index (κ2) is 6.19. The second-order valence-corrected chi connectivity index (χ2v) is 6.46. The molecule has 0 radical (unpaired) electrons. The van der Waals surface area contributed by atoms with E-state index in [9.17, 15) is 4.79 Å². The van der Waals surface area contributed by atoms with E-state index in [2.05, 4.69) is 16.1 Å². The van der Waals surface area contributed by atoms with Gasteiger partial charge in [0, 0.05) is 45.8 Å². The van der Waals surface area contributed by atoms with Crippen LogP contribution in [0.2, 0.25) is 0 Å². The molecule has 1 amide bonds. The number of carbonyl (C=O) groups excluding carboxylic acids is 1. The molecule has 6 heteroatoms. The molecule has 0 atom stereocenters. The van der Waals surface area contributed by atoms with Crippen molar-refractivity contribution in [3.8, 4) is 5.75 Å². The monoisotopic (exact) mass is 326 g/mol. The van der Waals surface area contributed by atoms with Crippen LogP contribution in [0.25, 0.3) is 0 Å². The van der Waals surface area contributed by atoms with Gasteiger partial charge in [-0.15, -0.1) is 0 Å². The number of hydrogen-bond acceptors (Lipinski definition) is 4. The molecule has 0 saturated carbocycles. The lowest BCUT2D eigenvalue weighted by Crippen LogP contribution is -2.49. The van der Waals surface area contributed by atoms with Crippen LogP contribution in [0.5, 0.6) is 5.75 Å². The van der Waals surface area contributed by atoms with Crippen LogP contribution >= 0.6 is 0 Å². The third kappa shape index (κ3) is 2.96. The van der Waals surface area contributed by atoms with E-state index < -0.39 is 0 Å². The second-order valence-electron chi connectivity index (χ2n) is 6.46. The highest BCUT2D eigenvalue weighted by Crippen LogP contribution is 2.26. The Hall–Kier alpha value is -2.50. The first-order chi connectivity index (χ1) is 11.7. The fourth-order valence-electron chi connectivity index (χ4n) is 3.42. The minimum Gasteiger partial charge on any atom is -0.493 e. The largest absolute Gasteiger partial charge is 0.493 e. The fourth-order valence-corrected chi connectivity index (χ4v) is 3.42. The maximum absolute atomic E-state index is 12.6. The average molecular weight is 326 g/mol. The van der Waals surface area contributed by atoms with Crippen molar-refractivity contribution < 1.29 is 9.53 Å². The standard InChI is InChI=1S/C18H22N4O2/c1-20-13-16(12-19-20)21-5-7-22(8-6-21)18(23)11-14-2-3-17-15(10-14)4-9-24-17/h2-3,10,12-13H,4-9,11H2,1H3. The van der Waals surface area contributed by atoms with E-state index in [-0.39, 0.29) is 5.91 Å². The number of benzene rings is 1. The van der Waals surface area contributed by atoms with Crippen molar-refractivity contribution in [2.45, 2.75) is 12.8 Å². The van der Waals surface area contributed by atoms with Gasteiger partial charge in [0.1, 0.15) is 5.75 Å². The molecule has 6 nitrogen and oxygen atoms in total. The van der Waals surface area contributed by atoms with Crippen molar-refractivity contribution in [3.05, 3.63) is 41.7 Å². The number of anilines is 1. The van der Waals surface area contributed by atoms with E-state index >= 15 is 0 Å². The van der Waals surface area contributed by atoms with Gasteiger partial charge in [-0.3, -0.25) is 9.48 Å². The first kappa shape index (κ1) is 15.1. The highest BCUT2D eigenvalue weighted by Gasteiger charge is 2.22. The number of carbonyl (C=O) groups is 1. The Kier molecular flexibility index (Phi) is 3.88. The van der Waals surface area contributed by atoms with Gasteiger partial charge in [0.15, 0.2) is 0 Å². The molecule has 0 aliphatic carbocycles. The van der Waals surface area contributed by atoms with E-state index in [1.165, 1.54) is 5.56 Å². The molecule has 4 rings (SSSR count). The molecule has 126 valence electrons.